The summed E-state index contributed by atoms with van der Waals surface area (Å²) in [5.41, 5.74) is 0. The Morgan fingerprint density at radius 1 is 0.824 bits per heavy atom. The Kier molecular flexibility index (Phi) is 53.9. The van der Waals surface area contributed by atoms with Crippen LogP contribution in [0.25, 0.3) is 0 Å². The third-order valence-corrected chi connectivity index (χ3v) is 1.81. The molecule has 0 bridgehead atoms. The lowest BCUT2D eigenvalue weighted by Crippen LogP contribution is -2.11. The molecule has 17 heavy (non-hydrogen) atoms. The summed E-state index contributed by atoms with van der Waals surface area (Å²) < 4.78 is 0. The summed E-state index contributed by atoms with van der Waals surface area (Å²) in [6, 6.07) is 0. The Morgan fingerprint density at radius 3 is 1.18 bits per heavy atom. The SMILES string of the molecule is CC.CC.CCCCCCCC.CNC(C)=O. The van der Waals surface area contributed by atoms with Gasteiger partial charge < -0.3 is 5.32 Å². The van der Waals surface area contributed by atoms with Gasteiger partial charge in [0, 0.05) is 14.0 Å². The number of carbonyl (C=O) groups excluding carboxylic acids is 1. The van der Waals surface area contributed by atoms with E-state index in [9.17, 15) is 4.79 Å². The highest BCUT2D eigenvalue weighted by Crippen LogP contribution is 2.03. The van der Waals surface area contributed by atoms with Gasteiger partial charge in [-0.3, -0.25) is 4.79 Å². The van der Waals surface area contributed by atoms with Crippen LogP contribution in [0.3, 0.4) is 0 Å². The molecule has 0 rings (SSSR count). The largest absolute Gasteiger partial charge is 0.359 e. The molecule has 2 nitrogen and oxygen atoms in total. The first kappa shape index (κ1) is 25.3. The summed E-state index contributed by atoms with van der Waals surface area (Å²) in [5.74, 6) is 0.00463. The monoisotopic (exact) mass is 247 g/mol. The normalized spacial score (nSPS) is 7.29. The number of hydrogen-bond acceptors (Lipinski definition) is 1. The molecule has 0 aromatic rings. The Labute approximate surface area is 111 Å². The molecule has 0 fully saturated rings. The number of carbonyl (C=O) groups is 1. The molecule has 0 atom stereocenters. The predicted octanol–water partition coefficient (Wildman–Crippen LogP) is 5.17. The molecular formula is C15H37NO. The number of unbranched alkanes of at least 4 members (excludes halogenated alkanes) is 5. The average molecular weight is 247 g/mol. The van der Waals surface area contributed by atoms with Gasteiger partial charge in [0.05, 0.1) is 0 Å². The van der Waals surface area contributed by atoms with E-state index in [0.29, 0.717) is 0 Å². The van der Waals surface area contributed by atoms with Crippen LogP contribution in [-0.2, 0) is 4.79 Å². The summed E-state index contributed by atoms with van der Waals surface area (Å²) in [4.78, 5) is 9.70. The molecule has 0 aromatic carbocycles. The molecule has 0 aromatic heterocycles. The van der Waals surface area contributed by atoms with Crippen LogP contribution in [0.2, 0.25) is 0 Å². The zero-order chi connectivity index (χ0) is 14.5. The minimum Gasteiger partial charge on any atom is -0.359 e. The quantitative estimate of drug-likeness (QED) is 0.667. The molecule has 0 radical (unpaired) electrons. The number of rotatable bonds is 5. The molecule has 0 unspecified atom stereocenters. The fraction of sp³-hybridized carbons (Fsp3) is 0.933. The summed E-state index contributed by atoms with van der Waals surface area (Å²) in [6.07, 6.45) is 8.49. The maximum Gasteiger partial charge on any atom is 0.216 e. The average Bonchev–Trinajstić information content (AvgIpc) is 2.40. The van der Waals surface area contributed by atoms with Crippen molar-refractivity contribution in [2.24, 2.45) is 0 Å². The van der Waals surface area contributed by atoms with Crippen molar-refractivity contribution in [1.29, 1.82) is 0 Å². The van der Waals surface area contributed by atoms with E-state index in [1.807, 2.05) is 27.7 Å². The summed E-state index contributed by atoms with van der Waals surface area (Å²) >= 11 is 0. The van der Waals surface area contributed by atoms with Gasteiger partial charge in [-0.1, -0.05) is 80.1 Å². The van der Waals surface area contributed by atoms with Gasteiger partial charge in [-0.15, -0.1) is 0 Å². The van der Waals surface area contributed by atoms with E-state index in [1.165, 1.54) is 45.4 Å². The van der Waals surface area contributed by atoms with Gasteiger partial charge in [-0.2, -0.15) is 0 Å². The fourth-order valence-electron chi connectivity index (χ4n) is 0.854. The van der Waals surface area contributed by atoms with Gasteiger partial charge in [0.25, 0.3) is 0 Å². The van der Waals surface area contributed by atoms with Gasteiger partial charge >= 0.3 is 0 Å². The van der Waals surface area contributed by atoms with E-state index < -0.39 is 0 Å². The van der Waals surface area contributed by atoms with E-state index in [1.54, 1.807) is 7.05 Å². The first-order valence-corrected chi connectivity index (χ1v) is 7.37. The number of amides is 1. The third-order valence-electron chi connectivity index (χ3n) is 1.81. The Bertz CT molecular complexity index is 97.1. The predicted molar refractivity (Wildman–Crippen MR) is 81.5 cm³/mol. The van der Waals surface area contributed by atoms with Crippen molar-refractivity contribution in [3.8, 4) is 0 Å². The molecule has 2 heteroatoms. The van der Waals surface area contributed by atoms with E-state index in [2.05, 4.69) is 19.2 Å². The van der Waals surface area contributed by atoms with Crippen LogP contribution in [0.4, 0.5) is 0 Å². The first-order valence-electron chi connectivity index (χ1n) is 7.37. The van der Waals surface area contributed by atoms with Crippen molar-refractivity contribution < 1.29 is 4.79 Å². The van der Waals surface area contributed by atoms with Crippen LogP contribution in [0, 0.1) is 0 Å². The summed E-state index contributed by atoms with van der Waals surface area (Å²) in [6.45, 7) is 14.0. The summed E-state index contributed by atoms with van der Waals surface area (Å²) in [7, 11) is 1.60. The highest BCUT2D eigenvalue weighted by atomic mass is 16.1. The second-order valence-corrected chi connectivity index (χ2v) is 3.22. The van der Waals surface area contributed by atoms with Crippen molar-refractivity contribution in [1.82, 2.24) is 5.32 Å². The Balaban J connectivity index is -0.0000000809. The van der Waals surface area contributed by atoms with Crippen LogP contribution in [0.1, 0.15) is 87.0 Å². The lowest BCUT2D eigenvalue weighted by Gasteiger charge is -1.93. The molecule has 0 aliphatic heterocycles. The lowest BCUT2D eigenvalue weighted by molar-refractivity contribution is -0.118. The Morgan fingerprint density at radius 2 is 1.06 bits per heavy atom. The molecule has 0 aliphatic carbocycles. The maximum absolute atomic E-state index is 9.70. The van der Waals surface area contributed by atoms with Gasteiger partial charge in [0.15, 0.2) is 0 Å². The molecule has 0 saturated carbocycles. The molecule has 1 N–H and O–H groups in total. The van der Waals surface area contributed by atoms with Gasteiger partial charge in [0.2, 0.25) is 5.91 Å². The van der Waals surface area contributed by atoms with Crippen LogP contribution in [0.5, 0.6) is 0 Å². The number of hydrogen-bond donors (Lipinski definition) is 1. The highest BCUT2D eigenvalue weighted by molar-refractivity contribution is 5.72. The van der Waals surface area contributed by atoms with Crippen LogP contribution >= 0.6 is 0 Å². The third kappa shape index (κ3) is 67.1. The molecule has 1 amide bonds. The van der Waals surface area contributed by atoms with E-state index in [4.69, 9.17) is 0 Å². The standard InChI is InChI=1S/C8H18.C3H7NO.2C2H6/c1-3-5-7-8-6-4-2;1-3(5)4-2;2*1-2/h3-8H2,1-2H3;1-2H3,(H,4,5);2*1-2H3. The Hall–Kier alpha value is -0.530. The molecule has 0 aliphatic rings. The highest BCUT2D eigenvalue weighted by Gasteiger charge is 1.83. The molecule has 108 valence electrons. The number of nitrogens with one attached hydrogen (secondary N) is 1. The van der Waals surface area contributed by atoms with Crippen molar-refractivity contribution >= 4 is 5.91 Å². The zero-order valence-corrected chi connectivity index (χ0v) is 13.7. The second kappa shape index (κ2) is 36.1. The van der Waals surface area contributed by atoms with Crippen molar-refractivity contribution in [2.45, 2.75) is 87.0 Å². The molecule has 0 heterocycles. The van der Waals surface area contributed by atoms with E-state index in [0.717, 1.165) is 0 Å². The van der Waals surface area contributed by atoms with Crippen LogP contribution in [0.15, 0.2) is 0 Å². The van der Waals surface area contributed by atoms with Gasteiger partial charge in [-0.25, -0.2) is 0 Å². The molecule has 0 saturated heterocycles. The van der Waals surface area contributed by atoms with E-state index >= 15 is 0 Å². The van der Waals surface area contributed by atoms with Crippen LogP contribution in [-0.4, -0.2) is 13.0 Å². The maximum atomic E-state index is 9.70. The van der Waals surface area contributed by atoms with Crippen molar-refractivity contribution in [3.63, 3.8) is 0 Å². The molecule has 0 spiro atoms. The fourth-order valence-corrected chi connectivity index (χ4v) is 0.854. The summed E-state index contributed by atoms with van der Waals surface area (Å²) in [5, 5.41) is 2.39. The van der Waals surface area contributed by atoms with Crippen molar-refractivity contribution in [3.05, 3.63) is 0 Å². The topological polar surface area (TPSA) is 29.1 Å². The minimum absolute atomic E-state index is 0.00463. The minimum atomic E-state index is 0.00463. The van der Waals surface area contributed by atoms with E-state index in [-0.39, 0.29) is 5.91 Å². The molecular weight excluding hydrogens is 210 g/mol. The smallest absolute Gasteiger partial charge is 0.216 e. The second-order valence-electron chi connectivity index (χ2n) is 3.22. The van der Waals surface area contributed by atoms with Gasteiger partial charge in [-0.05, 0) is 0 Å². The van der Waals surface area contributed by atoms with Crippen molar-refractivity contribution in [2.75, 3.05) is 7.05 Å². The lowest BCUT2D eigenvalue weighted by atomic mass is 10.1. The van der Waals surface area contributed by atoms with Crippen LogP contribution < -0.4 is 5.32 Å². The van der Waals surface area contributed by atoms with Gasteiger partial charge in [0.1, 0.15) is 0 Å². The zero-order valence-electron chi connectivity index (χ0n) is 13.7. The first-order chi connectivity index (χ1) is 8.18.